The van der Waals surface area contributed by atoms with Gasteiger partial charge in [0.25, 0.3) is 0 Å². The second-order valence-electron chi connectivity index (χ2n) is 5.57. The van der Waals surface area contributed by atoms with Gasteiger partial charge in [0.05, 0.1) is 13.2 Å². The summed E-state index contributed by atoms with van der Waals surface area (Å²) in [5, 5.41) is 76.1. The SMILES string of the molecule is OC[C@H]1O[C@H](OC[C@H]2O[C@@H](O)[C@H](O)[C@H](O)[C@@H]2O)[C@@H](O)[C@H](O)[C@@H]1O. The summed E-state index contributed by atoms with van der Waals surface area (Å²) in [6.45, 7) is -1.10. The van der Waals surface area contributed by atoms with Gasteiger partial charge in [-0.3, -0.25) is 0 Å². The summed E-state index contributed by atoms with van der Waals surface area (Å²) >= 11 is 0. The Bertz CT molecular complexity index is 380. The van der Waals surface area contributed by atoms with Crippen LogP contribution >= 0.6 is 0 Å². The van der Waals surface area contributed by atoms with Crippen molar-refractivity contribution in [3.63, 3.8) is 0 Å². The Morgan fingerprint density at radius 3 is 1.83 bits per heavy atom. The quantitative estimate of drug-likeness (QED) is 0.243. The molecule has 11 nitrogen and oxygen atoms in total. The zero-order valence-electron chi connectivity index (χ0n) is 12.0. The molecule has 0 aliphatic carbocycles. The van der Waals surface area contributed by atoms with Crippen molar-refractivity contribution in [3.05, 3.63) is 0 Å². The van der Waals surface area contributed by atoms with Crippen LogP contribution in [0, 0.1) is 0 Å². The molecule has 23 heavy (non-hydrogen) atoms. The summed E-state index contributed by atoms with van der Waals surface area (Å²) in [6.07, 6.45) is -15.3. The Hall–Kier alpha value is -0.440. The van der Waals surface area contributed by atoms with Gasteiger partial charge in [0.2, 0.25) is 0 Å². The molecular weight excluding hydrogens is 320 g/mol. The molecule has 0 aromatic heterocycles. The molecule has 0 spiro atoms. The molecule has 0 radical (unpaired) electrons. The van der Waals surface area contributed by atoms with Gasteiger partial charge >= 0.3 is 0 Å². The summed E-state index contributed by atoms with van der Waals surface area (Å²) < 4.78 is 15.1. The van der Waals surface area contributed by atoms with Crippen LogP contribution in [0.1, 0.15) is 0 Å². The molecule has 0 aromatic rings. The number of ether oxygens (including phenoxy) is 3. The summed E-state index contributed by atoms with van der Waals surface area (Å²) in [5.74, 6) is 0. The maximum absolute atomic E-state index is 9.78. The average molecular weight is 342 g/mol. The minimum atomic E-state index is -1.74. The Labute approximate surface area is 130 Å². The van der Waals surface area contributed by atoms with Crippen LogP contribution in [0.2, 0.25) is 0 Å². The fraction of sp³-hybridized carbons (Fsp3) is 1.00. The van der Waals surface area contributed by atoms with E-state index >= 15 is 0 Å². The van der Waals surface area contributed by atoms with E-state index in [1.165, 1.54) is 0 Å². The minimum Gasteiger partial charge on any atom is -0.394 e. The third-order valence-corrected chi connectivity index (χ3v) is 3.96. The van der Waals surface area contributed by atoms with Crippen LogP contribution < -0.4 is 0 Å². The Morgan fingerprint density at radius 1 is 0.652 bits per heavy atom. The molecular formula is C12H22O11. The van der Waals surface area contributed by atoms with Gasteiger partial charge in [-0.2, -0.15) is 0 Å². The molecule has 10 atom stereocenters. The maximum Gasteiger partial charge on any atom is 0.186 e. The van der Waals surface area contributed by atoms with Crippen LogP contribution in [0.15, 0.2) is 0 Å². The van der Waals surface area contributed by atoms with Crippen LogP contribution in [0.25, 0.3) is 0 Å². The summed E-state index contributed by atoms with van der Waals surface area (Å²) in [6, 6.07) is 0. The van der Waals surface area contributed by atoms with Crippen LogP contribution in [0.4, 0.5) is 0 Å². The minimum absolute atomic E-state index is 0.468. The third-order valence-electron chi connectivity index (χ3n) is 3.96. The third kappa shape index (κ3) is 3.81. The Kier molecular flexibility index (Phi) is 6.27. The maximum atomic E-state index is 9.78. The van der Waals surface area contributed by atoms with Gasteiger partial charge < -0.3 is 55.1 Å². The normalized spacial score (nSPS) is 51.7. The average Bonchev–Trinajstić information content (AvgIpc) is 2.54. The Balaban J connectivity index is 1.94. The van der Waals surface area contributed by atoms with Crippen molar-refractivity contribution in [1.29, 1.82) is 0 Å². The lowest BCUT2D eigenvalue weighted by atomic mass is 9.98. The topological polar surface area (TPSA) is 190 Å². The van der Waals surface area contributed by atoms with Crippen LogP contribution in [-0.2, 0) is 14.2 Å². The highest BCUT2D eigenvalue weighted by Crippen LogP contribution is 2.24. The van der Waals surface area contributed by atoms with Crippen molar-refractivity contribution >= 4 is 0 Å². The van der Waals surface area contributed by atoms with E-state index in [4.69, 9.17) is 19.3 Å². The molecule has 136 valence electrons. The molecule has 2 rings (SSSR count). The highest BCUT2D eigenvalue weighted by molar-refractivity contribution is 4.91. The second-order valence-corrected chi connectivity index (χ2v) is 5.57. The predicted octanol–water partition coefficient (Wildman–Crippen LogP) is -5.40. The first-order valence-electron chi connectivity index (χ1n) is 7.07. The molecule has 0 amide bonds. The van der Waals surface area contributed by atoms with Gasteiger partial charge in [0, 0.05) is 0 Å². The molecule has 0 unspecified atom stereocenters. The van der Waals surface area contributed by atoms with E-state index in [1.807, 2.05) is 0 Å². The number of rotatable bonds is 4. The number of aliphatic hydroxyl groups excluding tert-OH is 8. The lowest BCUT2D eigenvalue weighted by molar-refractivity contribution is -0.325. The largest absolute Gasteiger partial charge is 0.394 e. The van der Waals surface area contributed by atoms with E-state index < -0.39 is 74.6 Å². The van der Waals surface area contributed by atoms with E-state index in [-0.39, 0.29) is 0 Å². The van der Waals surface area contributed by atoms with Gasteiger partial charge in [-0.15, -0.1) is 0 Å². The van der Waals surface area contributed by atoms with Crippen molar-refractivity contribution in [2.45, 2.75) is 61.4 Å². The van der Waals surface area contributed by atoms with Crippen molar-refractivity contribution in [1.82, 2.24) is 0 Å². The van der Waals surface area contributed by atoms with Crippen molar-refractivity contribution < 1.29 is 55.1 Å². The standard InChI is InChI=1S/C12H22O11/c13-1-3-5(14)8(17)10(19)12(23-3)21-2-4-6(15)7(16)9(18)11(20)22-4/h3-20H,1-2H2/t3-,4-,5-,6-,7-,8-,9-,10+,11-,12+/m1/s1. The molecule has 2 heterocycles. The van der Waals surface area contributed by atoms with Crippen LogP contribution in [-0.4, -0.2) is 115 Å². The van der Waals surface area contributed by atoms with E-state index in [0.29, 0.717) is 0 Å². The lowest BCUT2D eigenvalue weighted by Crippen LogP contribution is -2.61. The second kappa shape index (κ2) is 7.63. The predicted molar refractivity (Wildman–Crippen MR) is 68.6 cm³/mol. The molecule has 0 aromatic carbocycles. The number of hydrogen-bond donors (Lipinski definition) is 8. The van der Waals surface area contributed by atoms with Gasteiger partial charge in [0.1, 0.15) is 48.8 Å². The zero-order valence-corrected chi connectivity index (χ0v) is 12.0. The van der Waals surface area contributed by atoms with Crippen LogP contribution in [0.5, 0.6) is 0 Å². The van der Waals surface area contributed by atoms with Gasteiger partial charge in [-0.05, 0) is 0 Å². The van der Waals surface area contributed by atoms with E-state index in [2.05, 4.69) is 0 Å². The van der Waals surface area contributed by atoms with Gasteiger partial charge in [0.15, 0.2) is 12.6 Å². The van der Waals surface area contributed by atoms with Gasteiger partial charge in [-0.25, -0.2) is 0 Å². The molecule has 2 saturated heterocycles. The number of aliphatic hydroxyl groups is 8. The first kappa shape index (κ1) is 18.9. The van der Waals surface area contributed by atoms with E-state index in [9.17, 15) is 35.7 Å². The summed E-state index contributed by atoms with van der Waals surface area (Å²) in [4.78, 5) is 0. The fourth-order valence-electron chi connectivity index (χ4n) is 2.46. The highest BCUT2D eigenvalue weighted by atomic mass is 16.7. The first-order chi connectivity index (χ1) is 10.8. The Morgan fingerprint density at radius 2 is 1.22 bits per heavy atom. The lowest BCUT2D eigenvalue weighted by Gasteiger charge is -2.41. The van der Waals surface area contributed by atoms with E-state index in [1.54, 1.807) is 0 Å². The molecule has 8 N–H and O–H groups in total. The smallest absolute Gasteiger partial charge is 0.186 e. The highest BCUT2D eigenvalue weighted by Gasteiger charge is 2.46. The van der Waals surface area contributed by atoms with Gasteiger partial charge in [-0.1, -0.05) is 0 Å². The van der Waals surface area contributed by atoms with Crippen molar-refractivity contribution in [2.24, 2.45) is 0 Å². The zero-order chi connectivity index (χ0) is 17.3. The molecule has 11 heteroatoms. The van der Waals surface area contributed by atoms with Crippen molar-refractivity contribution in [2.75, 3.05) is 13.2 Å². The molecule has 2 aliphatic rings. The fourth-order valence-corrected chi connectivity index (χ4v) is 2.46. The first-order valence-corrected chi connectivity index (χ1v) is 7.07. The van der Waals surface area contributed by atoms with E-state index in [0.717, 1.165) is 0 Å². The molecule has 2 fully saturated rings. The summed E-state index contributed by atoms with van der Waals surface area (Å²) in [5.41, 5.74) is 0. The molecule has 2 aliphatic heterocycles. The van der Waals surface area contributed by atoms with Crippen molar-refractivity contribution in [3.8, 4) is 0 Å². The summed E-state index contributed by atoms with van der Waals surface area (Å²) in [7, 11) is 0. The molecule has 0 bridgehead atoms. The number of hydrogen-bond acceptors (Lipinski definition) is 11. The monoisotopic (exact) mass is 342 g/mol. The molecule has 0 saturated carbocycles. The van der Waals surface area contributed by atoms with Crippen LogP contribution in [0.3, 0.4) is 0 Å².